The third-order valence-electron chi connectivity index (χ3n) is 6.62. The highest BCUT2D eigenvalue weighted by molar-refractivity contribution is 6.33. The number of carboxylic acids is 1. The van der Waals surface area contributed by atoms with Crippen LogP contribution in [0.25, 0.3) is 11.3 Å². The molecule has 2 aromatic rings. The van der Waals surface area contributed by atoms with Crippen molar-refractivity contribution in [3.05, 3.63) is 35.5 Å². The molecule has 0 radical (unpaired) electrons. The molecule has 0 aromatic carbocycles. The Balaban J connectivity index is 0.000000505. The number of anilines is 2. The third-order valence-corrected chi connectivity index (χ3v) is 6.92. The highest BCUT2D eigenvalue weighted by Gasteiger charge is 2.38. The SMILES string of the molecule is CC1(C)CC(CNc2cccc(-c3cc(NC4CCC(N)CC4)ncc3Cl)n2)CCO1.O=C(O)C(F)(F)F. The van der Waals surface area contributed by atoms with E-state index in [1.54, 1.807) is 6.20 Å². The fourth-order valence-electron chi connectivity index (χ4n) is 4.65. The first kappa shape index (κ1) is 29.9. The van der Waals surface area contributed by atoms with Gasteiger partial charge >= 0.3 is 12.1 Å². The number of nitrogens with two attached hydrogens (primary N) is 1. The first-order valence-electron chi connectivity index (χ1n) is 12.7. The Morgan fingerprint density at radius 1 is 1.21 bits per heavy atom. The highest BCUT2D eigenvalue weighted by atomic mass is 35.5. The Labute approximate surface area is 225 Å². The molecule has 4 rings (SSSR count). The lowest BCUT2D eigenvalue weighted by Crippen LogP contribution is -2.36. The molecule has 2 aliphatic rings. The molecule has 0 bridgehead atoms. The van der Waals surface area contributed by atoms with Crippen LogP contribution in [0, 0.1) is 5.92 Å². The van der Waals surface area contributed by atoms with Gasteiger partial charge in [0.25, 0.3) is 0 Å². The molecule has 2 aromatic heterocycles. The molecule has 1 saturated carbocycles. The largest absolute Gasteiger partial charge is 0.490 e. The minimum absolute atomic E-state index is 0.0444. The lowest BCUT2D eigenvalue weighted by molar-refractivity contribution is -0.192. The van der Waals surface area contributed by atoms with E-state index in [-0.39, 0.29) is 5.60 Å². The molecule has 3 heterocycles. The normalized spacial score (nSPS) is 23.1. The minimum Gasteiger partial charge on any atom is -0.475 e. The number of rotatable bonds is 6. The topological polar surface area (TPSA) is 122 Å². The summed E-state index contributed by atoms with van der Waals surface area (Å²) in [5.74, 6) is -0.472. The average Bonchev–Trinajstić information content (AvgIpc) is 2.85. The lowest BCUT2D eigenvalue weighted by Gasteiger charge is -2.35. The molecular formula is C26H35ClF3N5O3. The van der Waals surface area contributed by atoms with E-state index in [4.69, 9.17) is 37.0 Å². The number of pyridine rings is 2. The van der Waals surface area contributed by atoms with Crippen LogP contribution in [0.5, 0.6) is 0 Å². The van der Waals surface area contributed by atoms with Crippen LogP contribution >= 0.6 is 11.6 Å². The maximum atomic E-state index is 10.6. The molecule has 1 aliphatic carbocycles. The standard InChI is InChI=1S/C24H34ClN5O.C2HF3O2/c1-24(2)13-16(10-11-31-24)14-27-22-5-3-4-21(30-22)19-12-23(28-15-20(19)25)29-18-8-6-17(26)7-9-18;3-2(4,5)1(6)7/h3-5,12,15-18H,6-11,13-14,26H2,1-2H3,(H,27,30)(H,28,29);(H,6,7). The van der Waals surface area contributed by atoms with Crippen LogP contribution in [0.3, 0.4) is 0 Å². The summed E-state index contributed by atoms with van der Waals surface area (Å²) in [7, 11) is 0. The molecule has 12 heteroatoms. The molecule has 1 atom stereocenters. The number of hydrogen-bond donors (Lipinski definition) is 4. The number of carbonyl (C=O) groups is 1. The second-order valence-electron chi connectivity index (χ2n) is 10.4. The molecule has 5 N–H and O–H groups in total. The van der Waals surface area contributed by atoms with Crippen LogP contribution in [0.4, 0.5) is 24.8 Å². The van der Waals surface area contributed by atoms with E-state index in [9.17, 15) is 13.2 Å². The fraction of sp³-hybridized carbons (Fsp3) is 0.577. The van der Waals surface area contributed by atoms with Gasteiger partial charge in [-0.25, -0.2) is 14.8 Å². The minimum atomic E-state index is -5.08. The Hall–Kier alpha value is -2.63. The van der Waals surface area contributed by atoms with E-state index in [2.05, 4.69) is 29.5 Å². The van der Waals surface area contributed by atoms with Crippen LogP contribution in [0.2, 0.25) is 5.02 Å². The van der Waals surface area contributed by atoms with Gasteiger partial charge in [0, 0.05) is 37.0 Å². The first-order chi connectivity index (χ1) is 17.8. The van der Waals surface area contributed by atoms with Crippen molar-refractivity contribution in [3.8, 4) is 11.3 Å². The lowest BCUT2D eigenvalue weighted by atomic mass is 9.88. The Morgan fingerprint density at radius 3 is 2.53 bits per heavy atom. The first-order valence-corrected chi connectivity index (χ1v) is 13.0. The van der Waals surface area contributed by atoms with Crippen molar-refractivity contribution < 1.29 is 27.8 Å². The van der Waals surface area contributed by atoms with Gasteiger partial charge < -0.3 is 26.2 Å². The quantitative estimate of drug-likeness (QED) is 0.355. The zero-order valence-electron chi connectivity index (χ0n) is 21.5. The summed E-state index contributed by atoms with van der Waals surface area (Å²) in [5, 5.41) is 14.8. The van der Waals surface area contributed by atoms with Crippen molar-refractivity contribution in [2.75, 3.05) is 23.8 Å². The van der Waals surface area contributed by atoms with Gasteiger partial charge in [0.05, 0.1) is 16.3 Å². The highest BCUT2D eigenvalue weighted by Crippen LogP contribution is 2.31. The van der Waals surface area contributed by atoms with E-state index < -0.39 is 12.1 Å². The van der Waals surface area contributed by atoms with E-state index in [1.165, 1.54) is 0 Å². The van der Waals surface area contributed by atoms with Crippen molar-refractivity contribution in [1.82, 2.24) is 9.97 Å². The van der Waals surface area contributed by atoms with Crippen molar-refractivity contribution in [2.24, 2.45) is 11.7 Å². The Bertz CT molecular complexity index is 1080. The van der Waals surface area contributed by atoms with Crippen LogP contribution < -0.4 is 16.4 Å². The zero-order valence-corrected chi connectivity index (χ0v) is 22.3. The van der Waals surface area contributed by atoms with Gasteiger partial charge in [-0.3, -0.25) is 0 Å². The summed E-state index contributed by atoms with van der Waals surface area (Å²) >= 11 is 6.49. The van der Waals surface area contributed by atoms with Gasteiger partial charge in [-0.15, -0.1) is 0 Å². The molecule has 1 unspecified atom stereocenters. The maximum Gasteiger partial charge on any atom is 0.490 e. The van der Waals surface area contributed by atoms with Crippen LogP contribution in [-0.4, -0.2) is 58.1 Å². The molecule has 38 heavy (non-hydrogen) atoms. The molecule has 1 aliphatic heterocycles. The number of alkyl halides is 3. The van der Waals surface area contributed by atoms with Crippen molar-refractivity contribution in [3.63, 3.8) is 0 Å². The summed E-state index contributed by atoms with van der Waals surface area (Å²) in [6.07, 6.45) is 3.00. The number of halogens is 4. The number of carboxylic acid groups (broad SMARTS) is 1. The van der Waals surface area contributed by atoms with E-state index in [1.807, 2.05) is 24.3 Å². The third kappa shape index (κ3) is 9.28. The summed E-state index contributed by atoms with van der Waals surface area (Å²) in [4.78, 5) is 18.2. The molecule has 1 saturated heterocycles. The molecule has 210 valence electrons. The zero-order chi connectivity index (χ0) is 27.9. The number of aromatic nitrogens is 2. The summed E-state index contributed by atoms with van der Waals surface area (Å²) in [6, 6.07) is 8.76. The predicted molar refractivity (Wildman–Crippen MR) is 141 cm³/mol. The van der Waals surface area contributed by atoms with E-state index in [0.29, 0.717) is 23.0 Å². The van der Waals surface area contributed by atoms with Crippen molar-refractivity contribution >= 4 is 29.2 Å². The van der Waals surface area contributed by atoms with Gasteiger partial charge in [-0.2, -0.15) is 13.2 Å². The molecule has 8 nitrogen and oxygen atoms in total. The predicted octanol–water partition coefficient (Wildman–Crippen LogP) is 5.73. The van der Waals surface area contributed by atoms with Gasteiger partial charge in [-0.05, 0) is 76.5 Å². The molecule has 2 fully saturated rings. The van der Waals surface area contributed by atoms with Crippen LogP contribution in [0.15, 0.2) is 30.5 Å². The number of hydrogen-bond acceptors (Lipinski definition) is 7. The smallest absolute Gasteiger partial charge is 0.475 e. The average molecular weight is 558 g/mol. The van der Waals surface area contributed by atoms with Crippen LogP contribution in [-0.2, 0) is 9.53 Å². The number of aliphatic carboxylic acids is 1. The van der Waals surface area contributed by atoms with E-state index in [0.717, 1.165) is 74.6 Å². The fourth-order valence-corrected chi connectivity index (χ4v) is 4.85. The van der Waals surface area contributed by atoms with Crippen molar-refractivity contribution in [1.29, 1.82) is 0 Å². The Kier molecular flexibility index (Phi) is 10.2. The van der Waals surface area contributed by atoms with Gasteiger partial charge in [-0.1, -0.05) is 17.7 Å². The Morgan fingerprint density at radius 2 is 1.89 bits per heavy atom. The van der Waals surface area contributed by atoms with Gasteiger partial charge in [0.15, 0.2) is 0 Å². The molecule has 0 amide bonds. The number of ether oxygens (including phenoxy) is 1. The number of nitrogens with zero attached hydrogens (tertiary/aromatic N) is 2. The van der Waals surface area contributed by atoms with Crippen molar-refractivity contribution in [2.45, 2.75) is 76.2 Å². The summed E-state index contributed by atoms with van der Waals surface area (Å²) in [5.41, 5.74) is 7.72. The number of nitrogens with one attached hydrogen (secondary N) is 2. The summed E-state index contributed by atoms with van der Waals surface area (Å²) < 4.78 is 37.6. The molecular weight excluding hydrogens is 523 g/mol. The summed E-state index contributed by atoms with van der Waals surface area (Å²) in [6.45, 7) is 6.04. The van der Waals surface area contributed by atoms with E-state index >= 15 is 0 Å². The van der Waals surface area contributed by atoms with Gasteiger partial charge in [0.2, 0.25) is 0 Å². The van der Waals surface area contributed by atoms with Crippen LogP contribution in [0.1, 0.15) is 52.4 Å². The maximum absolute atomic E-state index is 10.6. The monoisotopic (exact) mass is 557 g/mol. The second kappa shape index (κ2) is 12.9. The molecule has 0 spiro atoms. The van der Waals surface area contributed by atoms with Gasteiger partial charge in [0.1, 0.15) is 11.6 Å². The second-order valence-corrected chi connectivity index (χ2v) is 10.8.